The van der Waals surface area contributed by atoms with Crippen LogP contribution < -0.4 is 5.32 Å². The number of likely N-dealkylation sites (N-methyl/N-ethyl adjacent to an activating group) is 1. The van der Waals surface area contributed by atoms with Crippen LogP contribution >= 0.6 is 0 Å². The molecular formula is C20H33N. The van der Waals surface area contributed by atoms with Gasteiger partial charge >= 0.3 is 0 Å². The molecule has 0 saturated heterocycles. The lowest BCUT2D eigenvalue weighted by Gasteiger charge is -2.39. The molecule has 0 amide bonds. The molecule has 0 bridgehead atoms. The molecule has 1 saturated carbocycles. The third-order valence-corrected chi connectivity index (χ3v) is 5.64. The van der Waals surface area contributed by atoms with Crippen molar-refractivity contribution < 1.29 is 0 Å². The van der Waals surface area contributed by atoms with Crippen molar-refractivity contribution in [1.29, 1.82) is 0 Å². The molecule has 118 valence electrons. The minimum Gasteiger partial charge on any atom is -0.316 e. The number of benzene rings is 1. The van der Waals surface area contributed by atoms with Crippen LogP contribution in [0.1, 0.15) is 57.6 Å². The summed E-state index contributed by atoms with van der Waals surface area (Å²) in [7, 11) is 2.14. The molecule has 0 heterocycles. The van der Waals surface area contributed by atoms with E-state index >= 15 is 0 Å². The van der Waals surface area contributed by atoms with Crippen LogP contribution in [-0.2, 0) is 6.42 Å². The molecule has 1 nitrogen and oxygen atoms in total. The Labute approximate surface area is 131 Å². The van der Waals surface area contributed by atoms with Crippen molar-refractivity contribution in [2.45, 2.75) is 65.8 Å². The van der Waals surface area contributed by atoms with Gasteiger partial charge in [0, 0.05) is 6.04 Å². The molecule has 1 fully saturated rings. The van der Waals surface area contributed by atoms with E-state index in [0.717, 1.165) is 11.8 Å². The third-order valence-electron chi connectivity index (χ3n) is 5.64. The van der Waals surface area contributed by atoms with Gasteiger partial charge in [-0.15, -0.1) is 0 Å². The van der Waals surface area contributed by atoms with Crippen LogP contribution in [0.25, 0.3) is 0 Å². The van der Waals surface area contributed by atoms with Gasteiger partial charge in [0.2, 0.25) is 0 Å². The summed E-state index contributed by atoms with van der Waals surface area (Å²) in [4.78, 5) is 0. The standard InChI is InChI=1S/C20H33N/c1-15-8-6-7-9-17(15)14-19(21-5)16-10-12-18(13-11-16)20(2,3)4/h6-9,16,18-19,21H,10-14H2,1-5H3. The maximum Gasteiger partial charge on any atom is 0.0133 e. The maximum absolute atomic E-state index is 3.60. The predicted molar refractivity (Wildman–Crippen MR) is 92.6 cm³/mol. The van der Waals surface area contributed by atoms with Crippen molar-refractivity contribution in [2.24, 2.45) is 17.3 Å². The van der Waals surface area contributed by atoms with Crippen LogP contribution in [0.15, 0.2) is 24.3 Å². The second-order valence-electron chi connectivity index (χ2n) is 8.00. The van der Waals surface area contributed by atoms with E-state index in [1.54, 1.807) is 0 Å². The van der Waals surface area contributed by atoms with E-state index in [9.17, 15) is 0 Å². The fourth-order valence-electron chi connectivity index (χ4n) is 3.97. The summed E-state index contributed by atoms with van der Waals surface area (Å²) in [6.07, 6.45) is 6.76. The quantitative estimate of drug-likeness (QED) is 0.823. The normalized spacial score (nSPS) is 24.8. The first-order chi connectivity index (χ1) is 9.91. The lowest BCUT2D eigenvalue weighted by molar-refractivity contribution is 0.134. The van der Waals surface area contributed by atoms with E-state index in [1.165, 1.54) is 43.2 Å². The highest BCUT2D eigenvalue weighted by atomic mass is 14.9. The van der Waals surface area contributed by atoms with Crippen LogP contribution in [0.5, 0.6) is 0 Å². The molecule has 0 spiro atoms. The first-order valence-electron chi connectivity index (χ1n) is 8.63. The molecule has 21 heavy (non-hydrogen) atoms. The molecule has 1 aliphatic carbocycles. The van der Waals surface area contributed by atoms with E-state index in [-0.39, 0.29) is 0 Å². The average Bonchev–Trinajstić information content (AvgIpc) is 2.46. The lowest BCUT2D eigenvalue weighted by Crippen LogP contribution is -2.39. The van der Waals surface area contributed by atoms with Gasteiger partial charge in [-0.1, -0.05) is 45.0 Å². The topological polar surface area (TPSA) is 12.0 Å². The molecule has 1 aliphatic rings. The molecule has 0 aromatic heterocycles. The summed E-state index contributed by atoms with van der Waals surface area (Å²) >= 11 is 0. The summed E-state index contributed by atoms with van der Waals surface area (Å²) in [5.41, 5.74) is 3.42. The largest absolute Gasteiger partial charge is 0.316 e. The van der Waals surface area contributed by atoms with E-state index in [0.29, 0.717) is 11.5 Å². The highest BCUT2D eigenvalue weighted by molar-refractivity contribution is 5.26. The van der Waals surface area contributed by atoms with Gasteiger partial charge in [0.05, 0.1) is 0 Å². The minimum atomic E-state index is 0.482. The first-order valence-corrected chi connectivity index (χ1v) is 8.63. The zero-order valence-corrected chi connectivity index (χ0v) is 14.6. The monoisotopic (exact) mass is 287 g/mol. The Kier molecular flexibility index (Phi) is 5.48. The fourth-order valence-corrected chi connectivity index (χ4v) is 3.97. The van der Waals surface area contributed by atoms with Gasteiger partial charge in [0.15, 0.2) is 0 Å². The van der Waals surface area contributed by atoms with Crippen molar-refractivity contribution in [3.63, 3.8) is 0 Å². The lowest BCUT2D eigenvalue weighted by atomic mass is 9.68. The SMILES string of the molecule is CNC(Cc1ccccc1C)C1CCC(C(C)(C)C)CC1. The molecule has 1 aromatic rings. The van der Waals surface area contributed by atoms with Crippen molar-refractivity contribution >= 4 is 0 Å². The number of hydrogen-bond acceptors (Lipinski definition) is 1. The second kappa shape index (κ2) is 6.96. The van der Waals surface area contributed by atoms with Crippen molar-refractivity contribution in [1.82, 2.24) is 5.32 Å². The molecule has 1 aromatic carbocycles. The van der Waals surface area contributed by atoms with E-state index in [1.807, 2.05) is 0 Å². The number of hydrogen-bond donors (Lipinski definition) is 1. The Morgan fingerprint density at radius 1 is 1.10 bits per heavy atom. The zero-order chi connectivity index (χ0) is 15.5. The van der Waals surface area contributed by atoms with Crippen LogP contribution in [0.4, 0.5) is 0 Å². The predicted octanol–water partition coefficient (Wildman–Crippen LogP) is 4.98. The Bertz CT molecular complexity index is 435. The summed E-state index contributed by atoms with van der Waals surface area (Å²) < 4.78 is 0. The van der Waals surface area contributed by atoms with Gasteiger partial charge in [-0.05, 0) is 74.5 Å². The molecule has 0 radical (unpaired) electrons. The van der Waals surface area contributed by atoms with E-state index < -0.39 is 0 Å². The molecule has 0 aliphatic heterocycles. The van der Waals surface area contributed by atoms with Crippen LogP contribution in [0.2, 0.25) is 0 Å². The Morgan fingerprint density at radius 2 is 1.71 bits per heavy atom. The Balaban J connectivity index is 1.96. The van der Waals surface area contributed by atoms with Crippen LogP contribution in [-0.4, -0.2) is 13.1 Å². The molecule has 2 rings (SSSR count). The average molecular weight is 287 g/mol. The zero-order valence-electron chi connectivity index (χ0n) is 14.6. The maximum atomic E-state index is 3.60. The summed E-state index contributed by atoms with van der Waals surface area (Å²) in [6.45, 7) is 9.45. The highest BCUT2D eigenvalue weighted by Crippen LogP contribution is 2.41. The van der Waals surface area contributed by atoms with Gasteiger partial charge in [0.1, 0.15) is 0 Å². The first kappa shape index (κ1) is 16.5. The van der Waals surface area contributed by atoms with Crippen LogP contribution in [0, 0.1) is 24.2 Å². The molecular weight excluding hydrogens is 254 g/mol. The number of aryl methyl sites for hydroxylation is 1. The highest BCUT2D eigenvalue weighted by Gasteiger charge is 2.32. The summed E-state index contributed by atoms with van der Waals surface area (Å²) in [5.74, 6) is 1.75. The summed E-state index contributed by atoms with van der Waals surface area (Å²) in [6, 6.07) is 9.47. The second-order valence-corrected chi connectivity index (χ2v) is 8.00. The van der Waals surface area contributed by atoms with Gasteiger partial charge in [-0.25, -0.2) is 0 Å². The van der Waals surface area contributed by atoms with Crippen molar-refractivity contribution in [3.05, 3.63) is 35.4 Å². The molecule has 1 unspecified atom stereocenters. The van der Waals surface area contributed by atoms with E-state index in [4.69, 9.17) is 0 Å². The third kappa shape index (κ3) is 4.32. The van der Waals surface area contributed by atoms with E-state index in [2.05, 4.69) is 64.3 Å². The van der Waals surface area contributed by atoms with Crippen molar-refractivity contribution in [3.8, 4) is 0 Å². The fraction of sp³-hybridized carbons (Fsp3) is 0.700. The molecule has 1 N–H and O–H groups in total. The van der Waals surface area contributed by atoms with Gasteiger partial charge < -0.3 is 5.32 Å². The number of rotatable bonds is 4. The molecule has 1 atom stereocenters. The van der Waals surface area contributed by atoms with Gasteiger partial charge in [0.25, 0.3) is 0 Å². The van der Waals surface area contributed by atoms with Crippen molar-refractivity contribution in [2.75, 3.05) is 7.05 Å². The number of nitrogens with one attached hydrogen (secondary N) is 1. The Hall–Kier alpha value is -0.820. The molecule has 1 heteroatoms. The van der Waals surface area contributed by atoms with Gasteiger partial charge in [-0.3, -0.25) is 0 Å². The summed E-state index contributed by atoms with van der Waals surface area (Å²) in [5, 5.41) is 3.60. The smallest absolute Gasteiger partial charge is 0.0133 e. The minimum absolute atomic E-state index is 0.482. The van der Waals surface area contributed by atoms with Gasteiger partial charge in [-0.2, -0.15) is 0 Å². The Morgan fingerprint density at radius 3 is 2.24 bits per heavy atom. The van der Waals surface area contributed by atoms with Crippen LogP contribution in [0.3, 0.4) is 0 Å².